The van der Waals surface area contributed by atoms with E-state index in [0.29, 0.717) is 23.4 Å². The summed E-state index contributed by atoms with van der Waals surface area (Å²) in [4.78, 5) is 22.6. The van der Waals surface area contributed by atoms with Gasteiger partial charge in [-0.25, -0.2) is 19.3 Å². The van der Waals surface area contributed by atoms with Crippen molar-refractivity contribution in [2.75, 3.05) is 31.5 Å². The van der Waals surface area contributed by atoms with Crippen LogP contribution in [0.2, 0.25) is 0 Å². The maximum atomic E-state index is 14.8. The van der Waals surface area contributed by atoms with Crippen molar-refractivity contribution >= 4 is 22.8 Å². The molecular formula is C26H31FN8. The van der Waals surface area contributed by atoms with Crippen molar-refractivity contribution in [3.8, 4) is 11.3 Å². The maximum Gasteiger partial charge on any atom is 0.229 e. The highest BCUT2D eigenvalue weighted by Gasteiger charge is 2.19. The van der Waals surface area contributed by atoms with Crippen LogP contribution in [0.3, 0.4) is 0 Å². The molecule has 4 aromatic rings. The zero-order valence-corrected chi connectivity index (χ0v) is 20.4. The van der Waals surface area contributed by atoms with Crippen LogP contribution in [0.5, 0.6) is 0 Å². The van der Waals surface area contributed by atoms with E-state index in [9.17, 15) is 4.39 Å². The third kappa shape index (κ3) is 5.01. The van der Waals surface area contributed by atoms with Gasteiger partial charge in [-0.1, -0.05) is 6.07 Å². The zero-order chi connectivity index (χ0) is 24.4. The molecule has 1 aliphatic rings. The maximum absolute atomic E-state index is 14.8. The van der Waals surface area contributed by atoms with E-state index < -0.39 is 5.82 Å². The lowest BCUT2D eigenvalue weighted by Crippen LogP contribution is -2.48. The fourth-order valence-electron chi connectivity index (χ4n) is 4.58. The summed E-state index contributed by atoms with van der Waals surface area (Å²) >= 11 is 0. The molecule has 35 heavy (non-hydrogen) atoms. The minimum Gasteiger partial charge on any atom is -0.346 e. The molecule has 5 rings (SSSR count). The molecule has 0 aliphatic carbocycles. The van der Waals surface area contributed by atoms with E-state index in [1.54, 1.807) is 6.20 Å². The topological polar surface area (TPSA) is 75.0 Å². The number of piperazine rings is 1. The smallest absolute Gasteiger partial charge is 0.229 e. The second kappa shape index (κ2) is 10.1. The van der Waals surface area contributed by atoms with Gasteiger partial charge in [-0.2, -0.15) is 0 Å². The van der Waals surface area contributed by atoms with E-state index >= 15 is 0 Å². The van der Waals surface area contributed by atoms with Crippen molar-refractivity contribution < 1.29 is 4.39 Å². The fraction of sp³-hybridized carbons (Fsp3) is 0.385. The van der Waals surface area contributed by atoms with Gasteiger partial charge in [0.15, 0.2) is 5.82 Å². The van der Waals surface area contributed by atoms with Gasteiger partial charge < -0.3 is 9.88 Å². The quantitative estimate of drug-likeness (QED) is 0.428. The molecular weight excluding hydrogens is 443 g/mol. The highest BCUT2D eigenvalue weighted by molar-refractivity contribution is 5.92. The lowest BCUT2D eigenvalue weighted by Gasteiger charge is -2.36. The molecule has 4 aromatic heterocycles. The molecule has 1 fully saturated rings. The number of anilines is 2. The van der Waals surface area contributed by atoms with Crippen molar-refractivity contribution in [1.82, 2.24) is 34.3 Å². The van der Waals surface area contributed by atoms with Gasteiger partial charge in [-0.05, 0) is 44.5 Å². The number of halogens is 1. The monoisotopic (exact) mass is 474 g/mol. The first-order chi connectivity index (χ1) is 17.0. The van der Waals surface area contributed by atoms with E-state index in [4.69, 9.17) is 0 Å². The van der Waals surface area contributed by atoms with Crippen LogP contribution in [0.1, 0.15) is 26.3 Å². The summed E-state index contributed by atoms with van der Waals surface area (Å²) in [5.41, 5.74) is 3.68. The van der Waals surface area contributed by atoms with Gasteiger partial charge in [-0.15, -0.1) is 0 Å². The molecule has 182 valence electrons. The molecule has 0 spiro atoms. The Bertz CT molecular complexity index is 1290. The molecule has 1 aliphatic heterocycles. The highest BCUT2D eigenvalue weighted by atomic mass is 19.1. The normalized spacial score (nSPS) is 15.2. The molecule has 0 unspecified atom stereocenters. The molecule has 1 N–H and O–H groups in total. The summed E-state index contributed by atoms with van der Waals surface area (Å²) < 4.78 is 16.8. The molecule has 0 saturated carbocycles. The van der Waals surface area contributed by atoms with Crippen LogP contribution in [0, 0.1) is 5.82 Å². The first-order valence-electron chi connectivity index (χ1n) is 12.2. The molecule has 0 bridgehead atoms. The summed E-state index contributed by atoms with van der Waals surface area (Å²) in [6.45, 7) is 12.5. The predicted molar refractivity (Wildman–Crippen MR) is 136 cm³/mol. The molecule has 0 atom stereocenters. The number of nitrogens with one attached hydrogen (secondary N) is 1. The van der Waals surface area contributed by atoms with Gasteiger partial charge in [0.25, 0.3) is 0 Å². The van der Waals surface area contributed by atoms with Gasteiger partial charge in [0.1, 0.15) is 11.5 Å². The van der Waals surface area contributed by atoms with Gasteiger partial charge in [0.2, 0.25) is 5.95 Å². The van der Waals surface area contributed by atoms with Crippen LogP contribution in [-0.4, -0.2) is 66.5 Å². The first kappa shape index (κ1) is 23.3. The number of aromatic nitrogens is 5. The number of pyridine rings is 2. The molecule has 0 amide bonds. The summed E-state index contributed by atoms with van der Waals surface area (Å²) in [6, 6.07) is 8.43. The number of rotatable bonds is 7. The van der Waals surface area contributed by atoms with Crippen molar-refractivity contribution in [1.29, 1.82) is 0 Å². The summed E-state index contributed by atoms with van der Waals surface area (Å²) in [5.74, 6) is 0.419. The standard InChI is InChI=1S/C26H31FN8/c1-4-34-17-20(25-22(34)6-5-9-28-25)24-21(27)15-30-26(32-24)31-23-8-7-19(14-29-23)16-33-10-12-35(13-11-33)18(2)3/h5-9,14-15,17-18H,4,10-13,16H2,1-3H3,(H,29,30,31,32). The van der Waals surface area contributed by atoms with Gasteiger partial charge in [0.05, 0.1) is 17.2 Å². The minimum atomic E-state index is -0.489. The second-order valence-corrected chi connectivity index (χ2v) is 9.17. The third-order valence-electron chi connectivity index (χ3n) is 6.58. The minimum absolute atomic E-state index is 0.218. The summed E-state index contributed by atoms with van der Waals surface area (Å²) in [7, 11) is 0. The molecule has 9 heteroatoms. The Hall–Kier alpha value is -3.43. The van der Waals surface area contributed by atoms with E-state index in [1.807, 2.05) is 42.1 Å². The van der Waals surface area contributed by atoms with Crippen LogP contribution in [-0.2, 0) is 13.1 Å². The summed E-state index contributed by atoms with van der Waals surface area (Å²) in [5, 5.41) is 3.11. The lowest BCUT2D eigenvalue weighted by molar-refractivity contribution is 0.104. The average molecular weight is 475 g/mol. The average Bonchev–Trinajstić information content (AvgIpc) is 3.25. The Kier molecular flexibility index (Phi) is 6.70. The SMILES string of the molecule is CCn1cc(-c2nc(Nc3ccc(CN4CCN(C(C)C)CC4)cn3)ncc2F)c2ncccc21. The number of fused-ring (bicyclic) bond motifs is 1. The Morgan fingerprint density at radius 1 is 1.03 bits per heavy atom. The zero-order valence-electron chi connectivity index (χ0n) is 20.4. The number of hydrogen-bond donors (Lipinski definition) is 1. The van der Waals surface area contributed by atoms with Crippen LogP contribution in [0.4, 0.5) is 16.2 Å². The molecule has 1 saturated heterocycles. The Morgan fingerprint density at radius 2 is 1.86 bits per heavy atom. The molecule has 5 heterocycles. The van der Waals surface area contributed by atoms with Crippen molar-refractivity contribution in [3.63, 3.8) is 0 Å². The van der Waals surface area contributed by atoms with Crippen molar-refractivity contribution in [3.05, 3.63) is 60.4 Å². The van der Waals surface area contributed by atoms with Gasteiger partial charge in [0, 0.05) is 69.5 Å². The molecule has 0 aromatic carbocycles. The first-order valence-corrected chi connectivity index (χ1v) is 12.2. The van der Waals surface area contributed by atoms with E-state index in [-0.39, 0.29) is 5.69 Å². The third-order valence-corrected chi connectivity index (χ3v) is 6.58. The van der Waals surface area contributed by atoms with Crippen LogP contribution >= 0.6 is 0 Å². The van der Waals surface area contributed by atoms with Crippen molar-refractivity contribution in [2.45, 2.75) is 39.9 Å². The van der Waals surface area contributed by atoms with Crippen molar-refractivity contribution in [2.24, 2.45) is 0 Å². The Labute approximate surface area is 204 Å². The Morgan fingerprint density at radius 3 is 2.57 bits per heavy atom. The van der Waals surface area contributed by atoms with Gasteiger partial charge >= 0.3 is 0 Å². The van der Waals surface area contributed by atoms with E-state index in [1.165, 1.54) is 6.20 Å². The van der Waals surface area contributed by atoms with E-state index in [2.05, 4.69) is 55.0 Å². The highest BCUT2D eigenvalue weighted by Crippen LogP contribution is 2.30. The fourth-order valence-corrected chi connectivity index (χ4v) is 4.58. The lowest BCUT2D eigenvalue weighted by atomic mass is 10.2. The number of hydrogen-bond acceptors (Lipinski definition) is 7. The number of aryl methyl sites for hydroxylation is 1. The summed E-state index contributed by atoms with van der Waals surface area (Å²) in [6.07, 6.45) is 6.66. The predicted octanol–water partition coefficient (Wildman–Crippen LogP) is 4.32. The molecule has 0 radical (unpaired) electrons. The van der Waals surface area contributed by atoms with E-state index in [0.717, 1.165) is 55.9 Å². The Balaban J connectivity index is 1.30. The van der Waals surface area contributed by atoms with Gasteiger partial charge in [-0.3, -0.25) is 14.8 Å². The van der Waals surface area contributed by atoms with Crippen LogP contribution in [0.25, 0.3) is 22.3 Å². The van der Waals surface area contributed by atoms with Crippen LogP contribution < -0.4 is 5.32 Å². The largest absolute Gasteiger partial charge is 0.346 e. The number of nitrogens with zero attached hydrogens (tertiary/aromatic N) is 7. The van der Waals surface area contributed by atoms with Crippen LogP contribution in [0.15, 0.2) is 49.1 Å². The molecule has 8 nitrogen and oxygen atoms in total. The second-order valence-electron chi connectivity index (χ2n) is 9.17.